The van der Waals surface area contributed by atoms with Crippen molar-refractivity contribution < 1.29 is 24.5 Å². The van der Waals surface area contributed by atoms with Crippen molar-refractivity contribution in [2.75, 3.05) is 19.8 Å². The van der Waals surface area contributed by atoms with Crippen LogP contribution >= 0.6 is 0 Å². The Balaban J connectivity index is 2.86. The van der Waals surface area contributed by atoms with Crippen LogP contribution in [0.2, 0.25) is 0 Å². The molecule has 3 N–H and O–H groups in total. The van der Waals surface area contributed by atoms with Crippen LogP contribution in [0.25, 0.3) is 0 Å². The summed E-state index contributed by atoms with van der Waals surface area (Å²) in [4.78, 5) is 26.5. The number of aliphatic hydroxyl groups is 2. The zero-order valence-corrected chi connectivity index (χ0v) is 15.2. The van der Waals surface area contributed by atoms with Gasteiger partial charge in [0.2, 0.25) is 5.91 Å². The van der Waals surface area contributed by atoms with E-state index in [0.29, 0.717) is 18.9 Å². The van der Waals surface area contributed by atoms with Crippen LogP contribution < -0.4 is 5.32 Å². The lowest BCUT2D eigenvalue weighted by atomic mass is 9.87. The number of carbonyl (C=O) groups excluding carboxylic acids is 2. The average molecular weight is 344 g/mol. The van der Waals surface area contributed by atoms with Gasteiger partial charge in [-0.1, -0.05) is 19.8 Å². The molecule has 7 heteroatoms. The SMILES string of the molecule is CCCC1CCN(C(=O)OC(C)(C)C)C(C(=O)NC(CO)CO)C1. The maximum absolute atomic E-state index is 12.6. The van der Waals surface area contributed by atoms with Gasteiger partial charge < -0.3 is 20.3 Å². The molecule has 1 fully saturated rings. The lowest BCUT2D eigenvalue weighted by molar-refractivity contribution is -0.129. The van der Waals surface area contributed by atoms with Gasteiger partial charge in [0, 0.05) is 6.54 Å². The molecule has 1 rings (SSSR count). The molecular formula is C17H32N2O5. The molecule has 0 aromatic heterocycles. The van der Waals surface area contributed by atoms with Crippen molar-refractivity contribution in [3.63, 3.8) is 0 Å². The van der Waals surface area contributed by atoms with Crippen LogP contribution in [0.1, 0.15) is 53.4 Å². The fourth-order valence-electron chi connectivity index (χ4n) is 2.94. The number of aliphatic hydroxyl groups excluding tert-OH is 2. The molecule has 0 aromatic carbocycles. The van der Waals surface area contributed by atoms with Gasteiger partial charge in [0.1, 0.15) is 11.6 Å². The minimum atomic E-state index is -0.718. The molecule has 140 valence electrons. The van der Waals surface area contributed by atoms with Gasteiger partial charge in [-0.2, -0.15) is 0 Å². The highest BCUT2D eigenvalue weighted by molar-refractivity contribution is 5.86. The Morgan fingerprint density at radius 1 is 1.29 bits per heavy atom. The molecule has 2 amide bonds. The number of ether oxygens (including phenoxy) is 1. The van der Waals surface area contributed by atoms with Gasteiger partial charge in [0.05, 0.1) is 19.3 Å². The summed E-state index contributed by atoms with van der Waals surface area (Å²) in [7, 11) is 0. The second kappa shape index (κ2) is 9.22. The zero-order valence-electron chi connectivity index (χ0n) is 15.2. The van der Waals surface area contributed by atoms with Crippen molar-refractivity contribution in [3.8, 4) is 0 Å². The molecule has 0 saturated carbocycles. The minimum Gasteiger partial charge on any atom is -0.444 e. The molecule has 0 radical (unpaired) electrons. The normalized spacial score (nSPS) is 21.7. The van der Waals surface area contributed by atoms with Crippen LogP contribution in [0.15, 0.2) is 0 Å². The Kier molecular flexibility index (Phi) is 7.96. The van der Waals surface area contributed by atoms with Crippen LogP contribution in [0, 0.1) is 5.92 Å². The second-order valence-corrected chi connectivity index (χ2v) is 7.44. The van der Waals surface area contributed by atoms with Crippen LogP contribution in [0.3, 0.4) is 0 Å². The summed E-state index contributed by atoms with van der Waals surface area (Å²) in [6.45, 7) is 7.25. The third kappa shape index (κ3) is 6.28. The predicted octanol–water partition coefficient (Wildman–Crippen LogP) is 1.27. The summed E-state index contributed by atoms with van der Waals surface area (Å²) in [5.41, 5.74) is -0.628. The zero-order chi connectivity index (χ0) is 18.3. The monoisotopic (exact) mass is 344 g/mol. The molecule has 0 bridgehead atoms. The molecule has 1 aliphatic heterocycles. The van der Waals surface area contributed by atoms with Crippen molar-refractivity contribution in [2.45, 2.75) is 71.1 Å². The predicted molar refractivity (Wildman–Crippen MR) is 90.5 cm³/mol. The maximum atomic E-state index is 12.6. The summed E-state index contributed by atoms with van der Waals surface area (Å²) < 4.78 is 5.42. The number of hydrogen-bond acceptors (Lipinski definition) is 5. The van der Waals surface area contributed by atoms with Crippen LogP contribution in [0.5, 0.6) is 0 Å². The first kappa shape index (κ1) is 20.7. The molecule has 0 aromatic rings. The largest absolute Gasteiger partial charge is 0.444 e. The molecule has 0 spiro atoms. The minimum absolute atomic E-state index is 0.347. The molecule has 1 heterocycles. The molecule has 1 aliphatic rings. The summed E-state index contributed by atoms with van der Waals surface area (Å²) in [5, 5.41) is 20.9. The fourth-order valence-corrected chi connectivity index (χ4v) is 2.94. The summed E-state index contributed by atoms with van der Waals surface area (Å²) in [6, 6.07) is -1.35. The van der Waals surface area contributed by atoms with E-state index in [2.05, 4.69) is 12.2 Å². The standard InChI is InChI=1S/C17H32N2O5/c1-5-6-12-7-8-19(16(23)24-17(2,3)4)14(9-12)15(22)18-13(10-20)11-21/h12-14,20-21H,5-11H2,1-4H3,(H,18,22). The number of rotatable bonds is 6. The summed E-state index contributed by atoms with van der Waals surface area (Å²) in [5.74, 6) is 0.0286. The van der Waals surface area contributed by atoms with E-state index in [0.717, 1.165) is 19.3 Å². The molecule has 24 heavy (non-hydrogen) atoms. The van der Waals surface area contributed by atoms with Gasteiger partial charge in [0.15, 0.2) is 0 Å². The van der Waals surface area contributed by atoms with E-state index in [1.54, 1.807) is 20.8 Å². The van der Waals surface area contributed by atoms with Crippen molar-refractivity contribution in [1.29, 1.82) is 0 Å². The number of nitrogens with zero attached hydrogens (tertiary/aromatic N) is 1. The van der Waals surface area contributed by atoms with Gasteiger partial charge in [-0.05, 0) is 39.5 Å². The second-order valence-electron chi connectivity index (χ2n) is 7.44. The first-order valence-electron chi connectivity index (χ1n) is 8.73. The first-order valence-corrected chi connectivity index (χ1v) is 8.73. The van der Waals surface area contributed by atoms with Crippen LogP contribution in [0.4, 0.5) is 4.79 Å². The van der Waals surface area contributed by atoms with Gasteiger partial charge in [-0.25, -0.2) is 4.79 Å². The van der Waals surface area contributed by atoms with E-state index in [-0.39, 0.29) is 19.1 Å². The number of carbonyl (C=O) groups is 2. The average Bonchev–Trinajstić information content (AvgIpc) is 2.50. The van der Waals surface area contributed by atoms with E-state index in [1.807, 2.05) is 0 Å². The van der Waals surface area contributed by atoms with E-state index in [9.17, 15) is 9.59 Å². The molecule has 2 unspecified atom stereocenters. The Morgan fingerprint density at radius 3 is 2.42 bits per heavy atom. The Morgan fingerprint density at radius 2 is 1.92 bits per heavy atom. The molecular weight excluding hydrogens is 312 g/mol. The fraction of sp³-hybridized carbons (Fsp3) is 0.882. The van der Waals surface area contributed by atoms with E-state index < -0.39 is 23.8 Å². The van der Waals surface area contributed by atoms with Gasteiger partial charge in [-0.3, -0.25) is 9.69 Å². The smallest absolute Gasteiger partial charge is 0.410 e. The number of piperidine rings is 1. The molecule has 0 aliphatic carbocycles. The summed E-state index contributed by atoms with van der Waals surface area (Å²) in [6.07, 6.45) is 2.96. The third-order valence-electron chi connectivity index (χ3n) is 4.13. The third-order valence-corrected chi connectivity index (χ3v) is 4.13. The highest BCUT2D eigenvalue weighted by Gasteiger charge is 2.38. The van der Waals surface area contributed by atoms with Crippen molar-refractivity contribution in [1.82, 2.24) is 10.2 Å². The number of amides is 2. The van der Waals surface area contributed by atoms with Crippen molar-refractivity contribution in [2.24, 2.45) is 5.92 Å². The lowest BCUT2D eigenvalue weighted by Gasteiger charge is -2.39. The van der Waals surface area contributed by atoms with E-state index in [1.165, 1.54) is 4.90 Å². The van der Waals surface area contributed by atoms with Crippen LogP contribution in [-0.2, 0) is 9.53 Å². The molecule has 1 saturated heterocycles. The van der Waals surface area contributed by atoms with Crippen molar-refractivity contribution in [3.05, 3.63) is 0 Å². The van der Waals surface area contributed by atoms with Crippen LogP contribution in [-0.4, -0.2) is 64.6 Å². The molecule has 2 atom stereocenters. The number of likely N-dealkylation sites (tertiary alicyclic amines) is 1. The topological polar surface area (TPSA) is 99.1 Å². The first-order chi connectivity index (χ1) is 11.2. The maximum Gasteiger partial charge on any atom is 0.410 e. The molecule has 7 nitrogen and oxygen atoms in total. The summed E-state index contributed by atoms with van der Waals surface area (Å²) >= 11 is 0. The lowest BCUT2D eigenvalue weighted by Crippen LogP contribution is -2.56. The van der Waals surface area contributed by atoms with Gasteiger partial charge in [0.25, 0.3) is 0 Å². The Labute approximate surface area is 144 Å². The van der Waals surface area contributed by atoms with Gasteiger partial charge >= 0.3 is 6.09 Å². The Bertz CT molecular complexity index is 418. The highest BCUT2D eigenvalue weighted by atomic mass is 16.6. The number of nitrogens with one attached hydrogen (secondary N) is 1. The quantitative estimate of drug-likeness (QED) is 0.674. The van der Waals surface area contributed by atoms with Gasteiger partial charge in [-0.15, -0.1) is 0 Å². The Hall–Kier alpha value is -1.34. The van der Waals surface area contributed by atoms with E-state index >= 15 is 0 Å². The number of hydrogen-bond donors (Lipinski definition) is 3. The van der Waals surface area contributed by atoms with E-state index in [4.69, 9.17) is 14.9 Å². The highest BCUT2D eigenvalue weighted by Crippen LogP contribution is 2.28. The van der Waals surface area contributed by atoms with Crippen molar-refractivity contribution >= 4 is 12.0 Å².